The van der Waals surface area contributed by atoms with Crippen molar-refractivity contribution in [1.29, 1.82) is 0 Å². The highest BCUT2D eigenvalue weighted by atomic mass is 15.0. The smallest absolute Gasteiger partial charge is 0.147 e. The average Bonchev–Trinajstić information content (AvgIpc) is 3.58. The van der Waals surface area contributed by atoms with Crippen molar-refractivity contribution in [2.24, 2.45) is 0 Å². The van der Waals surface area contributed by atoms with Gasteiger partial charge in [-0.15, -0.1) is 0 Å². The second-order valence-electron chi connectivity index (χ2n) is 9.98. The van der Waals surface area contributed by atoms with Crippen molar-refractivity contribution in [1.82, 2.24) is 9.38 Å². The number of imidazole rings is 1. The van der Waals surface area contributed by atoms with Gasteiger partial charge in [0.2, 0.25) is 0 Å². The molecule has 0 fully saturated rings. The molecular weight excluding hydrogens is 424 g/mol. The summed E-state index contributed by atoms with van der Waals surface area (Å²) in [5.74, 6) is 0. The molecule has 9 rings (SSSR count). The third kappa shape index (κ3) is 2.18. The molecule has 0 amide bonds. The van der Waals surface area contributed by atoms with Crippen LogP contribution in [0.3, 0.4) is 0 Å². The topological polar surface area (TPSA) is 17.3 Å². The van der Waals surface area contributed by atoms with E-state index in [-0.39, 0.29) is 0 Å². The average molecular weight is 445 g/mol. The van der Waals surface area contributed by atoms with Crippen molar-refractivity contribution in [3.05, 3.63) is 119 Å². The van der Waals surface area contributed by atoms with Gasteiger partial charge in [-0.3, -0.25) is 4.40 Å². The first-order valence-corrected chi connectivity index (χ1v) is 12.3. The molecule has 2 aromatic heterocycles. The lowest BCUT2D eigenvalue weighted by Crippen LogP contribution is -1.94. The van der Waals surface area contributed by atoms with Gasteiger partial charge in [-0.05, 0) is 93.1 Å². The van der Waals surface area contributed by atoms with Gasteiger partial charge in [0.25, 0.3) is 0 Å². The highest BCUT2D eigenvalue weighted by molar-refractivity contribution is 6.20. The van der Waals surface area contributed by atoms with Crippen LogP contribution in [0.25, 0.3) is 60.6 Å². The van der Waals surface area contributed by atoms with Gasteiger partial charge < -0.3 is 0 Å². The van der Waals surface area contributed by atoms with Gasteiger partial charge in [-0.1, -0.05) is 66.7 Å². The molecule has 5 aromatic carbocycles. The molecule has 2 aliphatic carbocycles. The van der Waals surface area contributed by atoms with E-state index in [4.69, 9.17) is 4.98 Å². The molecule has 0 spiro atoms. The molecule has 0 saturated carbocycles. The fourth-order valence-electron chi connectivity index (χ4n) is 6.70. The Bertz CT molecular complexity index is 2060. The van der Waals surface area contributed by atoms with Gasteiger partial charge in [0.05, 0.1) is 16.6 Å². The number of fused-ring (bicyclic) bond motifs is 15. The SMILES string of the molecule is c1ccc2c(c1)Cc1cc3c(cc1-2)Cc1ccc2c4ccccc4n4c5ccccc5nc4c2c1-3. The largest absolute Gasteiger partial charge is 0.292 e. The fourth-order valence-corrected chi connectivity index (χ4v) is 6.70. The van der Waals surface area contributed by atoms with Gasteiger partial charge in [-0.2, -0.15) is 0 Å². The Hall–Kier alpha value is -4.43. The Labute approximate surface area is 202 Å². The molecule has 0 saturated heterocycles. The molecule has 35 heavy (non-hydrogen) atoms. The van der Waals surface area contributed by atoms with Gasteiger partial charge in [-0.25, -0.2) is 4.98 Å². The first kappa shape index (κ1) is 18.0. The molecule has 0 atom stereocenters. The predicted octanol–water partition coefficient (Wildman–Crippen LogP) is 7.94. The lowest BCUT2D eigenvalue weighted by molar-refractivity contribution is 1.24. The molecule has 162 valence electrons. The van der Waals surface area contributed by atoms with E-state index in [9.17, 15) is 0 Å². The molecule has 0 unspecified atom stereocenters. The summed E-state index contributed by atoms with van der Waals surface area (Å²) in [6.07, 6.45) is 2.00. The van der Waals surface area contributed by atoms with Gasteiger partial charge in [0.15, 0.2) is 0 Å². The molecule has 2 nitrogen and oxygen atoms in total. The Morgan fingerprint density at radius 3 is 2.26 bits per heavy atom. The first-order valence-electron chi connectivity index (χ1n) is 12.3. The minimum absolute atomic E-state index is 0.981. The number of nitrogens with zero attached hydrogens (tertiary/aromatic N) is 2. The van der Waals surface area contributed by atoms with E-state index in [1.54, 1.807) is 0 Å². The maximum atomic E-state index is 5.21. The van der Waals surface area contributed by atoms with Gasteiger partial charge >= 0.3 is 0 Å². The minimum atomic E-state index is 0.981. The van der Waals surface area contributed by atoms with Crippen LogP contribution in [-0.4, -0.2) is 9.38 Å². The van der Waals surface area contributed by atoms with Crippen molar-refractivity contribution in [2.45, 2.75) is 12.8 Å². The highest BCUT2D eigenvalue weighted by Gasteiger charge is 2.28. The van der Waals surface area contributed by atoms with Gasteiger partial charge in [0, 0.05) is 10.8 Å². The standard InChI is InChI=1S/C33H20N2/c1-2-8-23-19(7-1)15-21-18-27-22(17-26(21)23)16-20-13-14-25-24-9-3-5-11-29(24)35-30-12-6-4-10-28(30)34-33(35)32(25)31(20)27/h1-14,17-18H,15-16H2. The van der Waals surface area contributed by atoms with Crippen LogP contribution in [0.5, 0.6) is 0 Å². The summed E-state index contributed by atoms with van der Waals surface area (Å²) in [4.78, 5) is 5.21. The summed E-state index contributed by atoms with van der Waals surface area (Å²) >= 11 is 0. The Balaban J connectivity index is 1.45. The first-order chi connectivity index (χ1) is 17.3. The van der Waals surface area contributed by atoms with E-state index in [2.05, 4.69) is 101 Å². The number of benzene rings is 5. The summed E-state index contributed by atoms with van der Waals surface area (Å²) in [6.45, 7) is 0. The van der Waals surface area contributed by atoms with E-state index in [0.717, 1.165) is 24.0 Å². The summed E-state index contributed by atoms with van der Waals surface area (Å²) < 4.78 is 2.37. The molecule has 0 N–H and O–H groups in total. The molecule has 2 heterocycles. The second-order valence-corrected chi connectivity index (χ2v) is 9.98. The van der Waals surface area contributed by atoms with Crippen LogP contribution in [0, 0.1) is 0 Å². The molecule has 7 aromatic rings. The molecule has 2 heteroatoms. The second kappa shape index (κ2) is 6.17. The Kier molecular flexibility index (Phi) is 3.16. The van der Waals surface area contributed by atoms with Crippen molar-refractivity contribution in [3.8, 4) is 22.3 Å². The Morgan fingerprint density at radius 2 is 1.29 bits per heavy atom. The zero-order valence-corrected chi connectivity index (χ0v) is 19.0. The third-order valence-electron chi connectivity index (χ3n) is 8.18. The summed E-state index contributed by atoms with van der Waals surface area (Å²) in [5.41, 5.74) is 15.8. The number of para-hydroxylation sites is 3. The lowest BCUT2D eigenvalue weighted by atomic mass is 9.94. The fraction of sp³-hybridized carbons (Fsp3) is 0.0606. The highest BCUT2D eigenvalue weighted by Crippen LogP contribution is 2.48. The monoisotopic (exact) mass is 444 g/mol. The quantitative estimate of drug-likeness (QED) is 0.217. The van der Waals surface area contributed by atoms with Crippen LogP contribution < -0.4 is 0 Å². The van der Waals surface area contributed by atoms with Crippen LogP contribution in [0.15, 0.2) is 97.1 Å². The third-order valence-corrected chi connectivity index (χ3v) is 8.18. The number of aromatic nitrogens is 2. The normalized spacial score (nSPS) is 13.5. The van der Waals surface area contributed by atoms with Crippen LogP contribution in [0.4, 0.5) is 0 Å². The van der Waals surface area contributed by atoms with Crippen LogP contribution in [0.2, 0.25) is 0 Å². The van der Waals surface area contributed by atoms with Crippen molar-refractivity contribution >= 4 is 38.4 Å². The Morgan fingerprint density at radius 1 is 0.543 bits per heavy atom. The lowest BCUT2D eigenvalue weighted by Gasteiger charge is -2.13. The number of pyridine rings is 1. The summed E-state index contributed by atoms with van der Waals surface area (Å²) in [5, 5.41) is 3.85. The van der Waals surface area contributed by atoms with E-state index in [1.807, 2.05) is 0 Å². The van der Waals surface area contributed by atoms with E-state index < -0.39 is 0 Å². The van der Waals surface area contributed by atoms with Crippen LogP contribution in [-0.2, 0) is 12.8 Å². The van der Waals surface area contributed by atoms with Crippen molar-refractivity contribution < 1.29 is 0 Å². The molecule has 0 radical (unpaired) electrons. The van der Waals surface area contributed by atoms with Crippen molar-refractivity contribution in [3.63, 3.8) is 0 Å². The minimum Gasteiger partial charge on any atom is -0.292 e. The molecule has 0 aliphatic heterocycles. The predicted molar refractivity (Wildman–Crippen MR) is 144 cm³/mol. The maximum Gasteiger partial charge on any atom is 0.147 e. The summed E-state index contributed by atoms with van der Waals surface area (Å²) in [7, 11) is 0. The number of rotatable bonds is 0. The number of hydrogen-bond donors (Lipinski definition) is 0. The maximum absolute atomic E-state index is 5.21. The van der Waals surface area contributed by atoms with E-state index >= 15 is 0 Å². The van der Waals surface area contributed by atoms with Crippen molar-refractivity contribution in [2.75, 3.05) is 0 Å². The number of hydrogen-bond acceptors (Lipinski definition) is 1. The zero-order chi connectivity index (χ0) is 22.7. The van der Waals surface area contributed by atoms with Crippen LogP contribution >= 0.6 is 0 Å². The van der Waals surface area contributed by atoms with E-state index in [0.29, 0.717) is 0 Å². The zero-order valence-electron chi connectivity index (χ0n) is 19.0. The molecular formula is C33H20N2. The molecule has 0 bridgehead atoms. The van der Waals surface area contributed by atoms with Crippen LogP contribution in [0.1, 0.15) is 22.3 Å². The summed E-state index contributed by atoms with van der Waals surface area (Å²) in [6, 6.07) is 35.8. The van der Waals surface area contributed by atoms with Gasteiger partial charge in [0.1, 0.15) is 5.65 Å². The van der Waals surface area contributed by atoms with E-state index in [1.165, 1.54) is 71.7 Å². The molecule has 2 aliphatic rings.